The van der Waals surface area contributed by atoms with Gasteiger partial charge in [-0.25, -0.2) is 0 Å². The number of esters is 1. The van der Waals surface area contributed by atoms with E-state index in [1.165, 1.54) is 0 Å². The fourth-order valence-electron chi connectivity index (χ4n) is 2.43. The van der Waals surface area contributed by atoms with Crippen LogP contribution in [0.2, 0.25) is 0 Å². The molecule has 1 saturated heterocycles. The molecule has 2 unspecified atom stereocenters. The van der Waals surface area contributed by atoms with Crippen LogP contribution in [0, 0.1) is 0 Å². The van der Waals surface area contributed by atoms with Crippen molar-refractivity contribution in [1.29, 1.82) is 0 Å². The number of cyclic esters (lactones) is 1. The van der Waals surface area contributed by atoms with Crippen LogP contribution in [-0.4, -0.2) is 16.9 Å². The number of rotatable bonds is 12. The van der Waals surface area contributed by atoms with Crippen LogP contribution in [0.1, 0.15) is 58.3 Å². The normalized spacial score (nSPS) is 20.1. The van der Waals surface area contributed by atoms with Crippen molar-refractivity contribution in [2.24, 2.45) is 0 Å². The van der Waals surface area contributed by atoms with E-state index < -0.39 is 0 Å². The summed E-state index contributed by atoms with van der Waals surface area (Å²) in [6.45, 7) is 2.15. The second-order valence-electron chi connectivity index (χ2n) is 6.03. The van der Waals surface area contributed by atoms with Crippen molar-refractivity contribution in [2.45, 2.75) is 69.2 Å². The second kappa shape index (κ2) is 14.9. The first-order valence-corrected chi connectivity index (χ1v) is 10.2. The zero-order valence-corrected chi connectivity index (χ0v) is 16.9. The van der Waals surface area contributed by atoms with Crippen LogP contribution in [0.15, 0.2) is 60.8 Å². The summed E-state index contributed by atoms with van der Waals surface area (Å²) in [6.07, 6.45) is 29.3. The van der Waals surface area contributed by atoms with Crippen molar-refractivity contribution in [2.75, 3.05) is 0 Å². The van der Waals surface area contributed by atoms with Crippen LogP contribution < -0.4 is 0 Å². The van der Waals surface area contributed by atoms with Crippen LogP contribution in [0.5, 0.6) is 0 Å². The van der Waals surface area contributed by atoms with Crippen LogP contribution in [0.3, 0.4) is 0 Å². The fraction of sp³-hybridized carbons (Fsp3) is 0.500. The lowest BCUT2D eigenvalue weighted by Crippen LogP contribution is -2.19. The molecule has 0 spiro atoms. The number of allylic oxidation sites excluding steroid dienone is 10. The topological polar surface area (TPSA) is 26.3 Å². The van der Waals surface area contributed by atoms with Gasteiger partial charge >= 0.3 is 5.97 Å². The molecular weight excluding hydrogens is 376 g/mol. The van der Waals surface area contributed by atoms with E-state index in [2.05, 4.69) is 83.6 Å². The van der Waals surface area contributed by atoms with Crippen LogP contribution in [0.4, 0.5) is 0 Å². The molecule has 0 saturated carbocycles. The minimum Gasteiger partial charge on any atom is -0.461 e. The lowest BCUT2D eigenvalue weighted by Gasteiger charge is -2.14. The van der Waals surface area contributed by atoms with Gasteiger partial charge in [-0.3, -0.25) is 4.79 Å². The number of halogens is 1. The van der Waals surface area contributed by atoms with Crippen molar-refractivity contribution in [3.05, 3.63) is 60.8 Å². The SMILES string of the molecule is CCC=CCC=CCC=CCC=CCC=CCC(Br)C1CCC(=O)O1. The maximum atomic E-state index is 11.1. The maximum Gasteiger partial charge on any atom is 0.306 e. The molecule has 0 radical (unpaired) electrons. The number of hydrogen-bond acceptors (Lipinski definition) is 2. The second-order valence-corrected chi connectivity index (χ2v) is 7.20. The van der Waals surface area contributed by atoms with E-state index in [1.807, 2.05) is 0 Å². The fourth-order valence-corrected chi connectivity index (χ4v) is 3.02. The van der Waals surface area contributed by atoms with Gasteiger partial charge in [-0.1, -0.05) is 83.6 Å². The Morgan fingerprint density at radius 3 is 1.84 bits per heavy atom. The lowest BCUT2D eigenvalue weighted by atomic mass is 10.1. The van der Waals surface area contributed by atoms with E-state index in [0.717, 1.165) is 44.9 Å². The van der Waals surface area contributed by atoms with Crippen molar-refractivity contribution >= 4 is 21.9 Å². The van der Waals surface area contributed by atoms with Gasteiger partial charge in [0, 0.05) is 6.42 Å². The largest absolute Gasteiger partial charge is 0.461 e. The van der Waals surface area contributed by atoms with Crippen LogP contribution in [0.25, 0.3) is 0 Å². The number of hydrogen-bond donors (Lipinski definition) is 0. The predicted molar refractivity (Wildman–Crippen MR) is 111 cm³/mol. The minimum absolute atomic E-state index is 0.0366. The Morgan fingerprint density at radius 1 is 0.920 bits per heavy atom. The molecule has 0 aromatic carbocycles. The first-order chi connectivity index (χ1) is 12.2. The van der Waals surface area contributed by atoms with Gasteiger partial charge in [-0.15, -0.1) is 0 Å². The van der Waals surface area contributed by atoms with Gasteiger partial charge in [0.1, 0.15) is 6.10 Å². The van der Waals surface area contributed by atoms with Gasteiger partial charge in [0.2, 0.25) is 0 Å². The zero-order chi connectivity index (χ0) is 18.2. The lowest BCUT2D eigenvalue weighted by molar-refractivity contribution is -0.141. The van der Waals surface area contributed by atoms with E-state index in [1.54, 1.807) is 0 Å². The molecule has 0 aromatic heterocycles. The number of carbonyl (C=O) groups is 1. The van der Waals surface area contributed by atoms with E-state index in [9.17, 15) is 4.79 Å². The van der Waals surface area contributed by atoms with Crippen LogP contribution >= 0.6 is 15.9 Å². The van der Waals surface area contributed by atoms with E-state index in [-0.39, 0.29) is 16.9 Å². The molecule has 3 heteroatoms. The van der Waals surface area contributed by atoms with Crippen molar-refractivity contribution < 1.29 is 9.53 Å². The van der Waals surface area contributed by atoms with Gasteiger partial charge in [0.15, 0.2) is 0 Å². The van der Waals surface area contributed by atoms with E-state index in [0.29, 0.717) is 6.42 Å². The Kier molecular flexibility index (Phi) is 13.0. The molecule has 25 heavy (non-hydrogen) atoms. The monoisotopic (exact) mass is 406 g/mol. The van der Waals surface area contributed by atoms with Gasteiger partial charge in [-0.05, 0) is 44.9 Å². The van der Waals surface area contributed by atoms with E-state index in [4.69, 9.17) is 4.74 Å². The first-order valence-electron chi connectivity index (χ1n) is 9.32. The average molecular weight is 407 g/mol. The summed E-state index contributed by atoms with van der Waals surface area (Å²) in [5, 5.41) is 0. The standard InChI is InChI=1S/C22H31BrO2/c1-2-3-4-5-6-7-8-9-10-11-12-13-14-15-16-17-20(23)21-18-19-22(24)25-21/h3-4,6-7,9-10,12-13,15-16,20-21H,2,5,8,11,14,17-19H2,1H3. The highest BCUT2D eigenvalue weighted by Crippen LogP contribution is 2.24. The summed E-state index contributed by atoms with van der Waals surface area (Å²) in [5.74, 6) is -0.0711. The van der Waals surface area contributed by atoms with Crippen LogP contribution in [-0.2, 0) is 9.53 Å². The van der Waals surface area contributed by atoms with E-state index >= 15 is 0 Å². The number of ether oxygens (including phenoxy) is 1. The summed E-state index contributed by atoms with van der Waals surface area (Å²) in [6, 6.07) is 0. The summed E-state index contributed by atoms with van der Waals surface area (Å²) in [7, 11) is 0. The van der Waals surface area contributed by atoms with Gasteiger partial charge < -0.3 is 4.74 Å². The molecule has 0 N–H and O–H groups in total. The molecule has 0 aromatic rings. The Balaban J connectivity index is 2.01. The average Bonchev–Trinajstić information content (AvgIpc) is 3.04. The van der Waals surface area contributed by atoms with Crippen molar-refractivity contribution in [3.63, 3.8) is 0 Å². The Labute approximate surface area is 161 Å². The minimum atomic E-state index is -0.0711. The van der Waals surface area contributed by atoms with Gasteiger partial charge in [-0.2, -0.15) is 0 Å². The Morgan fingerprint density at radius 2 is 1.40 bits per heavy atom. The smallest absolute Gasteiger partial charge is 0.306 e. The summed E-state index contributed by atoms with van der Waals surface area (Å²) in [5.41, 5.74) is 0. The number of alkyl halides is 1. The quantitative estimate of drug-likeness (QED) is 0.207. The molecule has 2 atom stereocenters. The van der Waals surface area contributed by atoms with Gasteiger partial charge in [0.05, 0.1) is 4.83 Å². The maximum absolute atomic E-state index is 11.1. The highest BCUT2D eigenvalue weighted by molar-refractivity contribution is 9.09. The molecule has 2 nitrogen and oxygen atoms in total. The zero-order valence-electron chi connectivity index (χ0n) is 15.3. The summed E-state index contributed by atoms with van der Waals surface area (Å²) >= 11 is 3.61. The predicted octanol–water partition coefficient (Wildman–Crippen LogP) is 6.60. The summed E-state index contributed by atoms with van der Waals surface area (Å²) < 4.78 is 5.25. The third-order valence-electron chi connectivity index (χ3n) is 3.84. The molecule has 1 aliphatic rings. The third kappa shape index (κ3) is 11.8. The first kappa shape index (κ1) is 21.7. The highest BCUT2D eigenvalue weighted by atomic mass is 79.9. The Hall–Kier alpha value is -1.35. The molecule has 0 aliphatic carbocycles. The highest BCUT2D eigenvalue weighted by Gasteiger charge is 2.28. The molecular formula is C22H31BrO2. The molecule has 1 aliphatic heterocycles. The third-order valence-corrected chi connectivity index (χ3v) is 4.80. The van der Waals surface area contributed by atoms with Gasteiger partial charge in [0.25, 0.3) is 0 Å². The van der Waals surface area contributed by atoms with Crippen molar-refractivity contribution in [1.82, 2.24) is 0 Å². The molecule has 0 bridgehead atoms. The molecule has 1 rings (SSSR count). The molecule has 1 heterocycles. The van der Waals surface area contributed by atoms with Crippen molar-refractivity contribution in [3.8, 4) is 0 Å². The Bertz CT molecular complexity index is 500. The molecule has 0 amide bonds. The number of carbonyl (C=O) groups excluding carboxylic acids is 1. The molecule has 1 fully saturated rings. The molecule has 138 valence electrons. The summed E-state index contributed by atoms with van der Waals surface area (Å²) in [4.78, 5) is 11.3.